The Morgan fingerprint density at radius 1 is 1.62 bits per heavy atom. The molecule has 0 aromatic carbocycles. The van der Waals surface area contributed by atoms with Crippen LogP contribution in [-0.4, -0.2) is 18.1 Å². The molecule has 0 aliphatic heterocycles. The summed E-state index contributed by atoms with van der Waals surface area (Å²) in [6, 6.07) is 3.43. The van der Waals surface area contributed by atoms with Gasteiger partial charge in [-0.3, -0.25) is 4.98 Å². The molecule has 0 amide bonds. The van der Waals surface area contributed by atoms with Gasteiger partial charge in [-0.25, -0.2) is 4.79 Å². The molecular formula is C9H10N2O2. The van der Waals surface area contributed by atoms with Crippen molar-refractivity contribution in [1.29, 1.82) is 0 Å². The number of hydrogen-bond donors (Lipinski definition) is 1. The van der Waals surface area contributed by atoms with Gasteiger partial charge in [0.05, 0.1) is 24.7 Å². The van der Waals surface area contributed by atoms with E-state index in [4.69, 9.17) is 5.73 Å². The lowest BCUT2D eigenvalue weighted by Crippen LogP contribution is -1.94. The van der Waals surface area contributed by atoms with E-state index in [0.717, 1.165) is 0 Å². The number of aromatic nitrogens is 1. The molecule has 1 rings (SSSR count). The zero-order chi connectivity index (χ0) is 9.68. The number of hydrogen-bond acceptors (Lipinski definition) is 4. The van der Waals surface area contributed by atoms with Gasteiger partial charge in [0.2, 0.25) is 0 Å². The maximum absolute atomic E-state index is 10.7. The molecule has 0 spiro atoms. The predicted octanol–water partition coefficient (Wildman–Crippen LogP) is 0.850. The molecule has 0 unspecified atom stereocenters. The first kappa shape index (κ1) is 9.25. The molecule has 0 saturated heterocycles. The van der Waals surface area contributed by atoms with Gasteiger partial charge < -0.3 is 10.5 Å². The number of methoxy groups -OCH3 is 1. The molecule has 1 aromatic heterocycles. The average Bonchev–Trinajstić information content (AvgIpc) is 2.16. The molecule has 13 heavy (non-hydrogen) atoms. The van der Waals surface area contributed by atoms with Crippen LogP contribution in [0.2, 0.25) is 0 Å². The van der Waals surface area contributed by atoms with E-state index in [1.165, 1.54) is 19.4 Å². The van der Waals surface area contributed by atoms with E-state index in [-0.39, 0.29) is 0 Å². The molecule has 1 heterocycles. The number of nitrogen functional groups attached to an aromatic ring is 1. The minimum Gasteiger partial charge on any atom is -0.466 e. The van der Waals surface area contributed by atoms with Crippen molar-refractivity contribution in [2.24, 2.45) is 0 Å². The van der Waals surface area contributed by atoms with Crippen LogP contribution >= 0.6 is 0 Å². The summed E-state index contributed by atoms with van der Waals surface area (Å²) in [5, 5.41) is 0. The van der Waals surface area contributed by atoms with Gasteiger partial charge in [-0.05, 0) is 18.2 Å². The van der Waals surface area contributed by atoms with Crippen molar-refractivity contribution in [1.82, 2.24) is 4.98 Å². The van der Waals surface area contributed by atoms with E-state index in [1.807, 2.05) is 0 Å². The number of nitrogens with two attached hydrogens (primary N) is 1. The topological polar surface area (TPSA) is 65.2 Å². The molecule has 0 saturated carbocycles. The lowest BCUT2D eigenvalue weighted by atomic mass is 10.3. The molecule has 0 aliphatic carbocycles. The number of esters is 1. The fourth-order valence-corrected chi connectivity index (χ4v) is 0.737. The second-order valence-corrected chi connectivity index (χ2v) is 2.37. The van der Waals surface area contributed by atoms with Crippen LogP contribution in [0.3, 0.4) is 0 Å². The third-order valence-electron chi connectivity index (χ3n) is 1.40. The van der Waals surface area contributed by atoms with E-state index in [2.05, 4.69) is 9.72 Å². The van der Waals surface area contributed by atoms with Crippen LogP contribution in [0.4, 0.5) is 5.69 Å². The third kappa shape index (κ3) is 2.94. The van der Waals surface area contributed by atoms with Crippen molar-refractivity contribution in [2.75, 3.05) is 12.8 Å². The Labute approximate surface area is 76.0 Å². The van der Waals surface area contributed by atoms with E-state index < -0.39 is 5.97 Å². The Kier molecular flexibility index (Phi) is 3.03. The van der Waals surface area contributed by atoms with Crippen LogP contribution in [0.15, 0.2) is 24.4 Å². The van der Waals surface area contributed by atoms with Crippen molar-refractivity contribution in [2.45, 2.75) is 0 Å². The molecule has 1 aromatic rings. The predicted molar refractivity (Wildman–Crippen MR) is 49.7 cm³/mol. The van der Waals surface area contributed by atoms with Crippen molar-refractivity contribution in [3.8, 4) is 0 Å². The lowest BCUT2D eigenvalue weighted by Gasteiger charge is -1.93. The maximum Gasteiger partial charge on any atom is 0.330 e. The molecule has 68 valence electrons. The van der Waals surface area contributed by atoms with Gasteiger partial charge in [0.25, 0.3) is 0 Å². The molecule has 0 bridgehead atoms. The van der Waals surface area contributed by atoms with E-state index >= 15 is 0 Å². The normalized spacial score (nSPS) is 10.2. The number of carbonyl (C=O) groups excluding carboxylic acids is 1. The molecule has 4 nitrogen and oxygen atoms in total. The minimum absolute atomic E-state index is 0.404. The van der Waals surface area contributed by atoms with Crippen molar-refractivity contribution >= 4 is 17.7 Å². The summed E-state index contributed by atoms with van der Waals surface area (Å²) in [7, 11) is 1.32. The highest BCUT2D eigenvalue weighted by molar-refractivity contribution is 5.86. The molecule has 2 N–H and O–H groups in total. The highest BCUT2D eigenvalue weighted by Gasteiger charge is 1.92. The average molecular weight is 178 g/mol. The summed E-state index contributed by atoms with van der Waals surface area (Å²) in [4.78, 5) is 14.7. The first-order chi connectivity index (χ1) is 6.22. The van der Waals surface area contributed by atoms with Crippen molar-refractivity contribution < 1.29 is 9.53 Å². The summed E-state index contributed by atoms with van der Waals surface area (Å²) < 4.78 is 4.42. The fourth-order valence-electron chi connectivity index (χ4n) is 0.737. The Morgan fingerprint density at radius 2 is 2.38 bits per heavy atom. The first-order valence-corrected chi connectivity index (χ1v) is 3.70. The van der Waals surface area contributed by atoms with Gasteiger partial charge in [-0.15, -0.1) is 0 Å². The van der Waals surface area contributed by atoms with Crippen LogP contribution in [-0.2, 0) is 9.53 Å². The van der Waals surface area contributed by atoms with Gasteiger partial charge in [-0.2, -0.15) is 0 Å². The van der Waals surface area contributed by atoms with E-state index in [0.29, 0.717) is 11.4 Å². The van der Waals surface area contributed by atoms with Crippen LogP contribution < -0.4 is 5.73 Å². The third-order valence-corrected chi connectivity index (χ3v) is 1.40. The minimum atomic E-state index is -0.404. The Morgan fingerprint density at radius 3 is 2.92 bits per heavy atom. The summed E-state index contributed by atoms with van der Waals surface area (Å²) in [6.45, 7) is 0. The monoisotopic (exact) mass is 178 g/mol. The van der Waals surface area contributed by atoms with Gasteiger partial charge in [-0.1, -0.05) is 0 Å². The maximum atomic E-state index is 10.7. The highest BCUT2D eigenvalue weighted by Crippen LogP contribution is 2.02. The standard InChI is InChI=1S/C9H10N2O2/c1-13-9(12)5-4-8-3-2-7(10)6-11-8/h2-6H,10H2,1H3. The van der Waals surface area contributed by atoms with Crippen LogP contribution in [0.25, 0.3) is 6.08 Å². The molecule has 0 radical (unpaired) electrons. The zero-order valence-electron chi connectivity index (χ0n) is 7.23. The summed E-state index contributed by atoms with van der Waals surface area (Å²) in [5.41, 5.74) is 6.69. The van der Waals surface area contributed by atoms with E-state index in [9.17, 15) is 4.79 Å². The number of pyridine rings is 1. The number of nitrogens with zero attached hydrogens (tertiary/aromatic N) is 1. The van der Waals surface area contributed by atoms with Gasteiger partial charge in [0.1, 0.15) is 0 Å². The van der Waals surface area contributed by atoms with Crippen LogP contribution in [0.5, 0.6) is 0 Å². The smallest absolute Gasteiger partial charge is 0.330 e. The zero-order valence-corrected chi connectivity index (χ0v) is 7.23. The Bertz CT molecular complexity index is 317. The largest absolute Gasteiger partial charge is 0.466 e. The molecule has 0 atom stereocenters. The summed E-state index contributed by atoms with van der Waals surface area (Å²) >= 11 is 0. The first-order valence-electron chi connectivity index (χ1n) is 3.70. The van der Waals surface area contributed by atoms with E-state index in [1.54, 1.807) is 18.2 Å². The molecular weight excluding hydrogens is 168 g/mol. The Hall–Kier alpha value is -1.84. The lowest BCUT2D eigenvalue weighted by molar-refractivity contribution is -0.134. The quantitative estimate of drug-likeness (QED) is 0.538. The molecule has 4 heteroatoms. The second-order valence-electron chi connectivity index (χ2n) is 2.37. The number of ether oxygens (including phenoxy) is 1. The molecule has 0 fully saturated rings. The number of rotatable bonds is 2. The van der Waals surface area contributed by atoms with Crippen molar-refractivity contribution in [3.63, 3.8) is 0 Å². The fraction of sp³-hybridized carbons (Fsp3) is 0.111. The van der Waals surface area contributed by atoms with Gasteiger partial charge in [0, 0.05) is 6.08 Å². The highest BCUT2D eigenvalue weighted by atomic mass is 16.5. The Balaban J connectivity index is 2.69. The molecule has 0 aliphatic rings. The van der Waals surface area contributed by atoms with Crippen LogP contribution in [0.1, 0.15) is 5.69 Å². The summed E-state index contributed by atoms with van der Waals surface area (Å²) in [5.74, 6) is -0.404. The number of anilines is 1. The van der Waals surface area contributed by atoms with Crippen LogP contribution in [0, 0.1) is 0 Å². The SMILES string of the molecule is COC(=O)C=Cc1ccc(N)cn1. The van der Waals surface area contributed by atoms with Gasteiger partial charge in [0.15, 0.2) is 0 Å². The number of carbonyl (C=O) groups is 1. The summed E-state index contributed by atoms with van der Waals surface area (Å²) in [6.07, 6.45) is 4.39. The second kappa shape index (κ2) is 4.25. The van der Waals surface area contributed by atoms with Gasteiger partial charge >= 0.3 is 5.97 Å². The van der Waals surface area contributed by atoms with Crippen molar-refractivity contribution in [3.05, 3.63) is 30.1 Å².